The van der Waals surface area contributed by atoms with Crippen molar-refractivity contribution in [3.63, 3.8) is 0 Å². The van der Waals surface area contributed by atoms with Crippen molar-refractivity contribution in [3.05, 3.63) is 59.8 Å². The van der Waals surface area contributed by atoms with Crippen LogP contribution in [-0.4, -0.2) is 36.5 Å². The van der Waals surface area contributed by atoms with Crippen molar-refractivity contribution in [2.45, 2.75) is 20.0 Å². The fourth-order valence-electron chi connectivity index (χ4n) is 2.22. The molecule has 1 heterocycles. The number of methoxy groups -OCH3 is 1. The molecule has 5 heteroatoms. The first-order valence-electron chi connectivity index (χ1n) is 7.76. The van der Waals surface area contributed by atoms with Gasteiger partial charge in [0.1, 0.15) is 0 Å². The quantitative estimate of drug-likeness (QED) is 0.658. The number of benzene rings is 1. The summed E-state index contributed by atoms with van der Waals surface area (Å²) in [5, 5.41) is 3.32. The van der Waals surface area contributed by atoms with Crippen molar-refractivity contribution in [2.24, 2.45) is 4.99 Å². The van der Waals surface area contributed by atoms with Gasteiger partial charge in [-0.05, 0) is 18.6 Å². The van der Waals surface area contributed by atoms with Gasteiger partial charge in [0.2, 0.25) is 5.88 Å². The molecule has 0 aliphatic rings. The number of nitrogens with zero attached hydrogens (tertiary/aromatic N) is 3. The molecule has 0 fully saturated rings. The van der Waals surface area contributed by atoms with E-state index in [1.54, 1.807) is 7.11 Å². The lowest BCUT2D eigenvalue weighted by molar-refractivity contribution is 0.396. The van der Waals surface area contributed by atoms with Crippen molar-refractivity contribution in [1.29, 1.82) is 0 Å². The third-order valence-electron chi connectivity index (χ3n) is 3.34. The van der Waals surface area contributed by atoms with Gasteiger partial charge in [0.15, 0.2) is 5.96 Å². The second kappa shape index (κ2) is 8.78. The number of nitrogens with one attached hydrogen (secondary N) is 1. The standard InChI is InChI=1S/C18H24N4O/c1-4-19-18(22(2)14-15-9-6-5-7-10-15)20-13-16-11-8-12-17(21-16)23-3/h5-12H,4,13-14H2,1-3H3,(H,19,20). The Balaban J connectivity index is 2.06. The Morgan fingerprint density at radius 1 is 1.17 bits per heavy atom. The zero-order chi connectivity index (χ0) is 16.5. The zero-order valence-electron chi connectivity index (χ0n) is 14.0. The van der Waals surface area contributed by atoms with Crippen molar-refractivity contribution >= 4 is 5.96 Å². The van der Waals surface area contributed by atoms with Crippen LogP contribution in [0.1, 0.15) is 18.2 Å². The van der Waals surface area contributed by atoms with Gasteiger partial charge in [-0.25, -0.2) is 9.98 Å². The van der Waals surface area contributed by atoms with Crippen molar-refractivity contribution in [2.75, 3.05) is 20.7 Å². The highest BCUT2D eigenvalue weighted by Gasteiger charge is 2.06. The summed E-state index contributed by atoms with van der Waals surface area (Å²) < 4.78 is 5.15. The van der Waals surface area contributed by atoms with E-state index in [0.29, 0.717) is 12.4 Å². The summed E-state index contributed by atoms with van der Waals surface area (Å²) >= 11 is 0. The van der Waals surface area contributed by atoms with E-state index in [9.17, 15) is 0 Å². The monoisotopic (exact) mass is 312 g/mol. The lowest BCUT2D eigenvalue weighted by Crippen LogP contribution is -2.38. The summed E-state index contributed by atoms with van der Waals surface area (Å²) in [7, 11) is 3.65. The number of aliphatic imine (C=N–C) groups is 1. The molecule has 0 radical (unpaired) electrons. The number of guanidine groups is 1. The van der Waals surface area contributed by atoms with Gasteiger partial charge >= 0.3 is 0 Å². The number of hydrogen-bond acceptors (Lipinski definition) is 3. The minimum Gasteiger partial charge on any atom is -0.481 e. The minimum absolute atomic E-state index is 0.513. The van der Waals surface area contributed by atoms with Crippen LogP contribution >= 0.6 is 0 Å². The molecule has 122 valence electrons. The lowest BCUT2D eigenvalue weighted by Gasteiger charge is -2.22. The Labute approximate surface area is 138 Å². The van der Waals surface area contributed by atoms with Crippen LogP contribution in [0.25, 0.3) is 0 Å². The molecule has 0 aliphatic carbocycles. The summed E-state index contributed by atoms with van der Waals surface area (Å²) in [6.45, 7) is 4.20. The highest BCUT2D eigenvalue weighted by molar-refractivity contribution is 5.79. The van der Waals surface area contributed by atoms with Gasteiger partial charge in [0.25, 0.3) is 0 Å². The SMILES string of the molecule is CCNC(=NCc1cccc(OC)n1)N(C)Cc1ccccc1. The molecule has 0 saturated carbocycles. The van der Waals surface area contributed by atoms with Gasteiger partial charge in [-0.15, -0.1) is 0 Å². The topological polar surface area (TPSA) is 49.8 Å². The van der Waals surface area contributed by atoms with Gasteiger partial charge in [-0.1, -0.05) is 36.4 Å². The number of rotatable bonds is 6. The Kier molecular flexibility index (Phi) is 6.41. The molecule has 0 atom stereocenters. The van der Waals surface area contributed by atoms with Gasteiger partial charge in [0.05, 0.1) is 19.3 Å². The van der Waals surface area contributed by atoms with E-state index in [2.05, 4.69) is 39.2 Å². The summed E-state index contributed by atoms with van der Waals surface area (Å²) in [6.07, 6.45) is 0. The Hall–Kier alpha value is -2.56. The van der Waals surface area contributed by atoms with Crippen LogP contribution < -0.4 is 10.1 Å². The van der Waals surface area contributed by atoms with Gasteiger partial charge in [-0.3, -0.25) is 0 Å². The van der Waals surface area contributed by atoms with Crippen LogP contribution in [0, 0.1) is 0 Å². The lowest BCUT2D eigenvalue weighted by atomic mass is 10.2. The molecular formula is C18H24N4O. The Morgan fingerprint density at radius 2 is 1.96 bits per heavy atom. The molecular weight excluding hydrogens is 288 g/mol. The summed E-state index contributed by atoms with van der Waals surface area (Å²) in [6, 6.07) is 16.1. The fraction of sp³-hybridized carbons (Fsp3) is 0.333. The number of hydrogen-bond donors (Lipinski definition) is 1. The molecule has 0 amide bonds. The third kappa shape index (κ3) is 5.29. The normalized spacial score (nSPS) is 11.2. The number of pyridine rings is 1. The summed E-state index contributed by atoms with van der Waals surface area (Å²) in [5.74, 6) is 1.47. The van der Waals surface area contributed by atoms with E-state index < -0.39 is 0 Å². The van der Waals surface area contributed by atoms with E-state index in [4.69, 9.17) is 4.74 Å². The van der Waals surface area contributed by atoms with Crippen LogP contribution in [0.3, 0.4) is 0 Å². The van der Waals surface area contributed by atoms with Gasteiger partial charge in [0, 0.05) is 26.2 Å². The molecule has 5 nitrogen and oxygen atoms in total. The fourth-order valence-corrected chi connectivity index (χ4v) is 2.22. The van der Waals surface area contributed by atoms with Crippen LogP contribution in [-0.2, 0) is 13.1 Å². The molecule has 0 spiro atoms. The Morgan fingerprint density at radius 3 is 2.65 bits per heavy atom. The molecule has 2 rings (SSSR count). The van der Waals surface area contributed by atoms with E-state index in [1.807, 2.05) is 43.4 Å². The molecule has 1 N–H and O–H groups in total. The maximum Gasteiger partial charge on any atom is 0.213 e. The maximum atomic E-state index is 5.15. The molecule has 0 saturated heterocycles. The molecule has 0 unspecified atom stereocenters. The van der Waals surface area contributed by atoms with Gasteiger partial charge in [-0.2, -0.15) is 0 Å². The third-order valence-corrected chi connectivity index (χ3v) is 3.34. The van der Waals surface area contributed by atoms with Crippen LogP contribution in [0.15, 0.2) is 53.5 Å². The Bertz CT molecular complexity index is 628. The minimum atomic E-state index is 0.513. The zero-order valence-corrected chi connectivity index (χ0v) is 14.0. The van der Waals surface area contributed by atoms with E-state index in [1.165, 1.54) is 5.56 Å². The van der Waals surface area contributed by atoms with Crippen LogP contribution in [0.2, 0.25) is 0 Å². The first-order valence-corrected chi connectivity index (χ1v) is 7.76. The first kappa shape index (κ1) is 16.8. The number of aromatic nitrogens is 1. The van der Waals surface area contributed by atoms with Crippen LogP contribution in [0.5, 0.6) is 5.88 Å². The van der Waals surface area contributed by atoms with E-state index in [-0.39, 0.29) is 0 Å². The maximum absolute atomic E-state index is 5.15. The largest absolute Gasteiger partial charge is 0.481 e. The van der Waals surface area contributed by atoms with E-state index in [0.717, 1.165) is 24.7 Å². The number of ether oxygens (including phenoxy) is 1. The molecule has 1 aromatic carbocycles. The van der Waals surface area contributed by atoms with Crippen molar-refractivity contribution in [1.82, 2.24) is 15.2 Å². The van der Waals surface area contributed by atoms with Crippen molar-refractivity contribution < 1.29 is 4.74 Å². The molecule has 23 heavy (non-hydrogen) atoms. The first-order chi connectivity index (χ1) is 11.2. The summed E-state index contributed by atoms with van der Waals surface area (Å²) in [5.41, 5.74) is 2.13. The smallest absolute Gasteiger partial charge is 0.213 e. The highest BCUT2D eigenvalue weighted by Crippen LogP contribution is 2.08. The average molecular weight is 312 g/mol. The second-order valence-electron chi connectivity index (χ2n) is 5.18. The summed E-state index contributed by atoms with van der Waals surface area (Å²) in [4.78, 5) is 11.2. The second-order valence-corrected chi connectivity index (χ2v) is 5.18. The van der Waals surface area contributed by atoms with Gasteiger partial charge < -0.3 is 15.0 Å². The average Bonchev–Trinajstić information content (AvgIpc) is 2.59. The van der Waals surface area contributed by atoms with Crippen molar-refractivity contribution in [3.8, 4) is 5.88 Å². The molecule has 1 aromatic heterocycles. The van der Waals surface area contributed by atoms with Crippen LogP contribution in [0.4, 0.5) is 0 Å². The van der Waals surface area contributed by atoms with E-state index >= 15 is 0 Å². The molecule has 0 aliphatic heterocycles. The predicted molar refractivity (Wildman–Crippen MR) is 93.5 cm³/mol. The highest BCUT2D eigenvalue weighted by atomic mass is 16.5. The predicted octanol–water partition coefficient (Wildman–Crippen LogP) is 2.69. The molecule has 2 aromatic rings. The molecule has 0 bridgehead atoms.